The maximum Gasteiger partial charge on any atom is 0.247 e. The van der Waals surface area contributed by atoms with Crippen molar-refractivity contribution in [3.8, 4) is 0 Å². The monoisotopic (exact) mass is 315 g/mol. The van der Waals surface area contributed by atoms with Crippen LogP contribution in [0, 0.1) is 13.8 Å². The molecule has 1 aliphatic rings. The van der Waals surface area contributed by atoms with E-state index in [1.807, 2.05) is 0 Å². The van der Waals surface area contributed by atoms with Gasteiger partial charge in [0.1, 0.15) is 10.9 Å². The number of aromatic nitrogens is 2. The number of carbonyl (C=O) groups excluding carboxylic acids is 1. The molecular formula is C12H21N5O3S. The summed E-state index contributed by atoms with van der Waals surface area (Å²) in [5.74, 6) is -0.232. The summed E-state index contributed by atoms with van der Waals surface area (Å²) >= 11 is 0. The molecule has 1 aromatic rings. The smallest absolute Gasteiger partial charge is 0.247 e. The molecule has 0 radical (unpaired) electrons. The van der Waals surface area contributed by atoms with Gasteiger partial charge in [-0.25, -0.2) is 8.42 Å². The van der Waals surface area contributed by atoms with Gasteiger partial charge in [-0.2, -0.15) is 9.40 Å². The van der Waals surface area contributed by atoms with E-state index in [-0.39, 0.29) is 17.3 Å². The molecule has 0 aromatic carbocycles. The second-order valence-electron chi connectivity index (χ2n) is 5.33. The third-order valence-corrected chi connectivity index (χ3v) is 5.72. The number of H-pyrrole nitrogens is 1. The Bertz CT molecular complexity index is 618. The molecule has 9 heteroatoms. The fraction of sp³-hybridized carbons (Fsp3) is 0.667. The molecule has 118 valence electrons. The molecule has 0 aliphatic carbocycles. The van der Waals surface area contributed by atoms with Crippen LogP contribution in [0.25, 0.3) is 0 Å². The first kappa shape index (κ1) is 15.9. The van der Waals surface area contributed by atoms with E-state index in [1.54, 1.807) is 27.9 Å². The van der Waals surface area contributed by atoms with Crippen molar-refractivity contribution in [1.82, 2.24) is 24.7 Å². The summed E-state index contributed by atoms with van der Waals surface area (Å²) in [7, 11) is -0.513. The van der Waals surface area contributed by atoms with Crippen molar-refractivity contribution in [2.24, 2.45) is 0 Å². The van der Waals surface area contributed by atoms with Crippen molar-refractivity contribution in [1.29, 1.82) is 0 Å². The molecule has 2 heterocycles. The molecule has 1 atom stereocenters. The number of carbonyl (C=O) groups is 1. The zero-order chi connectivity index (χ0) is 15.8. The lowest BCUT2D eigenvalue weighted by Crippen LogP contribution is -2.59. The quantitative estimate of drug-likeness (QED) is 0.751. The molecule has 0 saturated carbocycles. The van der Waals surface area contributed by atoms with Crippen molar-refractivity contribution in [3.05, 3.63) is 11.4 Å². The second-order valence-corrected chi connectivity index (χ2v) is 7.16. The SMILES string of the molecule is Cc1n[nH]c(C)c1S(=O)(=O)N1CCNCC1C(=O)N(C)C. The van der Waals surface area contributed by atoms with Gasteiger partial charge in [-0.05, 0) is 13.8 Å². The summed E-state index contributed by atoms with van der Waals surface area (Å²) in [6, 6.07) is -0.729. The minimum Gasteiger partial charge on any atom is -0.347 e. The Labute approximate surface area is 124 Å². The highest BCUT2D eigenvalue weighted by Crippen LogP contribution is 2.24. The van der Waals surface area contributed by atoms with Crippen LogP contribution in [0.5, 0.6) is 0 Å². The van der Waals surface area contributed by atoms with E-state index in [2.05, 4.69) is 15.5 Å². The Morgan fingerprint density at radius 2 is 2.05 bits per heavy atom. The van der Waals surface area contributed by atoms with E-state index in [4.69, 9.17) is 0 Å². The molecule has 1 aliphatic heterocycles. The highest BCUT2D eigenvalue weighted by molar-refractivity contribution is 7.89. The Morgan fingerprint density at radius 3 is 2.57 bits per heavy atom. The van der Waals surface area contributed by atoms with Gasteiger partial charge in [0.2, 0.25) is 15.9 Å². The van der Waals surface area contributed by atoms with E-state index in [0.717, 1.165) is 0 Å². The van der Waals surface area contributed by atoms with Gasteiger partial charge in [-0.15, -0.1) is 0 Å². The lowest BCUT2D eigenvalue weighted by atomic mass is 10.2. The van der Waals surface area contributed by atoms with Crippen molar-refractivity contribution >= 4 is 15.9 Å². The van der Waals surface area contributed by atoms with Gasteiger partial charge in [-0.1, -0.05) is 0 Å². The normalized spacial score (nSPS) is 20.5. The zero-order valence-corrected chi connectivity index (χ0v) is 13.5. The number of rotatable bonds is 3. The van der Waals surface area contributed by atoms with Crippen LogP contribution < -0.4 is 5.32 Å². The predicted molar refractivity (Wildman–Crippen MR) is 77.3 cm³/mol. The number of nitrogens with zero attached hydrogens (tertiary/aromatic N) is 3. The summed E-state index contributed by atoms with van der Waals surface area (Å²) in [6.45, 7) is 4.40. The standard InChI is InChI=1S/C12H21N5O3S/c1-8-11(9(2)15-14-8)21(19,20)17-6-5-13-7-10(17)12(18)16(3)4/h10,13H,5-7H2,1-4H3,(H,14,15). The van der Waals surface area contributed by atoms with Crippen molar-refractivity contribution in [3.63, 3.8) is 0 Å². The topological polar surface area (TPSA) is 98.4 Å². The van der Waals surface area contributed by atoms with Crippen LogP contribution >= 0.6 is 0 Å². The molecule has 1 unspecified atom stereocenters. The van der Waals surface area contributed by atoms with Gasteiger partial charge in [0.05, 0.1) is 11.4 Å². The van der Waals surface area contributed by atoms with Crippen molar-refractivity contribution in [2.75, 3.05) is 33.7 Å². The lowest BCUT2D eigenvalue weighted by molar-refractivity contribution is -0.133. The van der Waals surface area contributed by atoms with E-state index >= 15 is 0 Å². The van der Waals surface area contributed by atoms with Crippen molar-refractivity contribution in [2.45, 2.75) is 24.8 Å². The number of aromatic amines is 1. The van der Waals surface area contributed by atoms with E-state index in [0.29, 0.717) is 24.5 Å². The second kappa shape index (κ2) is 5.74. The van der Waals surface area contributed by atoms with Gasteiger partial charge >= 0.3 is 0 Å². The van der Waals surface area contributed by atoms with Gasteiger partial charge in [-0.3, -0.25) is 9.89 Å². The number of likely N-dealkylation sites (N-methyl/N-ethyl adjacent to an activating group) is 1. The maximum atomic E-state index is 12.9. The van der Waals surface area contributed by atoms with Gasteiger partial charge in [0.15, 0.2) is 0 Å². The van der Waals surface area contributed by atoms with Crippen LogP contribution in [0.1, 0.15) is 11.4 Å². The Kier molecular flexibility index (Phi) is 4.35. The maximum absolute atomic E-state index is 12.9. The van der Waals surface area contributed by atoms with Crippen LogP contribution in [0.2, 0.25) is 0 Å². The molecule has 2 N–H and O–H groups in total. The summed E-state index contributed by atoms with van der Waals surface area (Å²) in [5, 5.41) is 9.69. The van der Waals surface area contributed by atoms with Crippen LogP contribution in [-0.2, 0) is 14.8 Å². The van der Waals surface area contributed by atoms with Crippen LogP contribution in [0.3, 0.4) is 0 Å². The Hall–Kier alpha value is -1.45. The largest absolute Gasteiger partial charge is 0.347 e. The Morgan fingerprint density at radius 1 is 1.38 bits per heavy atom. The number of aryl methyl sites for hydroxylation is 2. The lowest BCUT2D eigenvalue weighted by Gasteiger charge is -2.35. The third-order valence-electron chi connectivity index (χ3n) is 3.55. The first-order valence-electron chi connectivity index (χ1n) is 6.72. The average Bonchev–Trinajstić information content (AvgIpc) is 2.77. The highest BCUT2D eigenvalue weighted by Gasteiger charge is 2.40. The molecule has 1 fully saturated rings. The number of piperazine rings is 1. The first-order chi connectivity index (χ1) is 9.76. The van der Waals surface area contributed by atoms with Crippen molar-refractivity contribution < 1.29 is 13.2 Å². The minimum atomic E-state index is -3.76. The fourth-order valence-corrected chi connectivity index (χ4v) is 4.44. The number of nitrogens with one attached hydrogen (secondary N) is 2. The molecular weight excluding hydrogens is 294 g/mol. The average molecular weight is 315 g/mol. The van der Waals surface area contributed by atoms with E-state index < -0.39 is 16.1 Å². The summed E-state index contributed by atoms with van der Waals surface area (Å²) in [5.41, 5.74) is 0.907. The molecule has 1 amide bonds. The predicted octanol–water partition coefficient (Wildman–Crippen LogP) is -0.923. The van der Waals surface area contributed by atoms with Crippen LogP contribution in [0.4, 0.5) is 0 Å². The number of amides is 1. The number of hydrogen-bond donors (Lipinski definition) is 2. The first-order valence-corrected chi connectivity index (χ1v) is 8.16. The van der Waals surface area contributed by atoms with Crippen LogP contribution in [0.15, 0.2) is 4.90 Å². The summed E-state index contributed by atoms with van der Waals surface area (Å²) in [4.78, 5) is 13.8. The molecule has 21 heavy (non-hydrogen) atoms. The van der Waals surface area contributed by atoms with Crippen LogP contribution in [-0.4, -0.2) is 73.5 Å². The third kappa shape index (κ3) is 2.81. The van der Waals surface area contributed by atoms with Gasteiger partial charge in [0, 0.05) is 33.7 Å². The minimum absolute atomic E-state index is 0.168. The van der Waals surface area contributed by atoms with Gasteiger partial charge < -0.3 is 10.2 Å². The molecule has 2 rings (SSSR count). The fourth-order valence-electron chi connectivity index (χ4n) is 2.52. The van der Waals surface area contributed by atoms with Gasteiger partial charge in [0.25, 0.3) is 0 Å². The number of sulfonamides is 1. The summed E-state index contributed by atoms with van der Waals surface area (Å²) < 4.78 is 27.1. The molecule has 0 bridgehead atoms. The summed E-state index contributed by atoms with van der Waals surface area (Å²) in [6.07, 6.45) is 0. The van der Waals surface area contributed by atoms with E-state index in [1.165, 1.54) is 9.21 Å². The molecule has 8 nitrogen and oxygen atoms in total. The van der Waals surface area contributed by atoms with E-state index in [9.17, 15) is 13.2 Å². The highest BCUT2D eigenvalue weighted by atomic mass is 32.2. The molecule has 1 saturated heterocycles. The molecule has 0 spiro atoms. The Balaban J connectivity index is 2.44. The number of hydrogen-bond acceptors (Lipinski definition) is 5. The molecule has 1 aromatic heterocycles. The zero-order valence-electron chi connectivity index (χ0n) is 12.7.